The Morgan fingerprint density at radius 3 is 2.38 bits per heavy atom. The van der Waals surface area contributed by atoms with Gasteiger partial charge in [-0.1, -0.05) is 61.0 Å². The van der Waals surface area contributed by atoms with E-state index in [0.29, 0.717) is 16.3 Å². The largest absolute Gasteiger partial charge is 0.478 e. The molecule has 0 saturated carbocycles. The van der Waals surface area contributed by atoms with Gasteiger partial charge in [0.1, 0.15) is 0 Å². The number of hydrogen-bond donors (Lipinski definition) is 3. The number of hydrogen-bond acceptors (Lipinski definition) is 3. The first kappa shape index (κ1) is 23.0. The molecule has 0 aliphatic rings. The van der Waals surface area contributed by atoms with Crippen LogP contribution in [0, 0.1) is 12.3 Å². The summed E-state index contributed by atoms with van der Waals surface area (Å²) in [5, 5.41) is 17.3. The van der Waals surface area contributed by atoms with Crippen molar-refractivity contribution in [3.63, 3.8) is 0 Å². The zero-order valence-electron chi connectivity index (χ0n) is 18.0. The second-order valence-corrected chi connectivity index (χ2v) is 7.83. The van der Waals surface area contributed by atoms with E-state index in [1.807, 2.05) is 67.6 Å². The molecule has 3 rings (SSSR count). The maximum atomic E-state index is 10.8. The third kappa shape index (κ3) is 4.98. The summed E-state index contributed by atoms with van der Waals surface area (Å²) >= 11 is 6.65. The summed E-state index contributed by atoms with van der Waals surface area (Å²) in [5.41, 5.74) is 14.1. The normalized spacial score (nSPS) is 12.0. The lowest BCUT2D eigenvalue weighted by atomic mass is 9.86. The Balaban J connectivity index is 2.30. The Bertz CT molecular complexity index is 1200. The third-order valence-corrected chi connectivity index (χ3v) is 5.64. The van der Waals surface area contributed by atoms with Crippen LogP contribution in [-0.4, -0.2) is 17.3 Å². The quantitative estimate of drug-likeness (QED) is 0.164. The molecule has 0 aromatic heterocycles. The van der Waals surface area contributed by atoms with Crippen molar-refractivity contribution in [3.05, 3.63) is 105 Å². The lowest BCUT2D eigenvalue weighted by molar-refractivity contribution is -0.131. The van der Waals surface area contributed by atoms with E-state index in [1.165, 1.54) is 6.21 Å². The van der Waals surface area contributed by atoms with Crippen molar-refractivity contribution in [2.75, 3.05) is 5.73 Å². The van der Waals surface area contributed by atoms with Crippen LogP contribution in [0.1, 0.15) is 46.7 Å². The number of aryl methyl sites for hydroxylation is 1. The van der Waals surface area contributed by atoms with Gasteiger partial charge < -0.3 is 16.2 Å². The zero-order chi connectivity index (χ0) is 23.3. The van der Waals surface area contributed by atoms with Crippen LogP contribution < -0.4 is 5.73 Å². The first-order valence-corrected chi connectivity index (χ1v) is 10.6. The number of halogens is 1. The first-order valence-electron chi connectivity index (χ1n) is 10.3. The summed E-state index contributed by atoms with van der Waals surface area (Å²) in [6.07, 6.45) is 4.67. The van der Waals surface area contributed by atoms with E-state index in [-0.39, 0.29) is 0 Å². The van der Waals surface area contributed by atoms with Gasteiger partial charge in [-0.15, -0.1) is 0 Å². The summed E-state index contributed by atoms with van der Waals surface area (Å²) < 4.78 is 0. The minimum atomic E-state index is -0.988. The van der Waals surface area contributed by atoms with Crippen LogP contribution in [0.2, 0.25) is 5.02 Å². The van der Waals surface area contributed by atoms with Gasteiger partial charge in [-0.25, -0.2) is 4.79 Å². The highest BCUT2D eigenvalue weighted by Crippen LogP contribution is 2.39. The first-order chi connectivity index (χ1) is 15.3. The zero-order valence-corrected chi connectivity index (χ0v) is 18.8. The molecule has 3 aromatic carbocycles. The van der Waals surface area contributed by atoms with E-state index in [0.717, 1.165) is 51.5 Å². The van der Waals surface area contributed by atoms with Crippen LogP contribution >= 0.6 is 11.6 Å². The minimum Gasteiger partial charge on any atom is -0.478 e. The van der Waals surface area contributed by atoms with Gasteiger partial charge in [0.25, 0.3) is 0 Å². The van der Waals surface area contributed by atoms with Gasteiger partial charge in [0.05, 0.1) is 0 Å². The molecule has 0 unspecified atom stereocenters. The van der Waals surface area contributed by atoms with Gasteiger partial charge in [0.2, 0.25) is 0 Å². The lowest BCUT2D eigenvalue weighted by Crippen LogP contribution is -2.00. The number of anilines is 1. The van der Waals surface area contributed by atoms with E-state index in [2.05, 4.69) is 6.92 Å². The Morgan fingerprint density at radius 1 is 1.09 bits per heavy atom. The number of nitrogen functional groups attached to an aromatic ring is 1. The van der Waals surface area contributed by atoms with Gasteiger partial charge in [-0.05, 0) is 76.6 Å². The van der Waals surface area contributed by atoms with Gasteiger partial charge in [-0.3, -0.25) is 0 Å². The second-order valence-electron chi connectivity index (χ2n) is 7.42. The van der Waals surface area contributed by atoms with Gasteiger partial charge in [0, 0.05) is 28.6 Å². The fourth-order valence-electron chi connectivity index (χ4n) is 3.79. The monoisotopic (exact) mass is 444 g/mol. The Hall–Kier alpha value is -3.63. The number of carboxylic acid groups (broad SMARTS) is 1. The lowest BCUT2D eigenvalue weighted by Gasteiger charge is -2.19. The average Bonchev–Trinajstić information content (AvgIpc) is 2.78. The number of rotatable bonds is 7. The third-order valence-electron chi connectivity index (χ3n) is 5.33. The maximum Gasteiger partial charge on any atom is 0.328 e. The second kappa shape index (κ2) is 10.1. The number of carboxylic acids is 1. The van der Waals surface area contributed by atoms with Crippen LogP contribution in [0.4, 0.5) is 5.69 Å². The molecule has 4 N–H and O–H groups in total. The molecule has 0 saturated heterocycles. The SMILES string of the molecule is CC/C(=C(/c1ccc(/C=C/C(=O)O)cc1)c1ccc(N)c(C=N)c1)c1c(C)cccc1Cl. The van der Waals surface area contributed by atoms with E-state index < -0.39 is 5.97 Å². The van der Waals surface area contributed by atoms with Gasteiger partial charge in [0.15, 0.2) is 0 Å². The van der Waals surface area contributed by atoms with Crippen molar-refractivity contribution in [1.29, 1.82) is 5.41 Å². The van der Waals surface area contributed by atoms with Gasteiger partial charge in [-0.2, -0.15) is 0 Å². The molecule has 0 atom stereocenters. The molecule has 3 aromatic rings. The molecule has 0 amide bonds. The molecule has 32 heavy (non-hydrogen) atoms. The predicted molar refractivity (Wildman–Crippen MR) is 134 cm³/mol. The predicted octanol–water partition coefficient (Wildman–Crippen LogP) is 6.70. The van der Waals surface area contributed by atoms with Crippen LogP contribution in [0.15, 0.2) is 66.7 Å². The summed E-state index contributed by atoms with van der Waals surface area (Å²) in [6, 6.07) is 19.3. The van der Waals surface area contributed by atoms with Crippen LogP contribution in [-0.2, 0) is 4.79 Å². The highest BCUT2D eigenvalue weighted by atomic mass is 35.5. The van der Waals surface area contributed by atoms with E-state index >= 15 is 0 Å². The van der Waals surface area contributed by atoms with Crippen LogP contribution in [0.25, 0.3) is 17.2 Å². The minimum absolute atomic E-state index is 0.546. The van der Waals surface area contributed by atoms with Crippen molar-refractivity contribution in [1.82, 2.24) is 0 Å². The molecule has 0 fully saturated rings. The average molecular weight is 445 g/mol. The fraction of sp³-hybridized carbons (Fsp3) is 0.111. The van der Waals surface area contributed by atoms with Crippen molar-refractivity contribution >= 4 is 46.7 Å². The molecule has 0 radical (unpaired) electrons. The molecule has 162 valence electrons. The number of allylic oxidation sites excluding steroid dienone is 1. The molecule has 0 aliphatic carbocycles. The highest BCUT2D eigenvalue weighted by molar-refractivity contribution is 6.33. The highest BCUT2D eigenvalue weighted by Gasteiger charge is 2.17. The van der Waals surface area contributed by atoms with Crippen molar-refractivity contribution < 1.29 is 9.90 Å². The van der Waals surface area contributed by atoms with Crippen molar-refractivity contribution in [2.24, 2.45) is 0 Å². The van der Waals surface area contributed by atoms with Crippen LogP contribution in [0.5, 0.6) is 0 Å². The Labute approximate surface area is 193 Å². The fourth-order valence-corrected chi connectivity index (χ4v) is 4.13. The van der Waals surface area contributed by atoms with E-state index in [4.69, 9.17) is 27.9 Å². The smallest absolute Gasteiger partial charge is 0.328 e. The number of benzene rings is 3. The molecule has 0 spiro atoms. The Kier molecular flexibility index (Phi) is 7.29. The van der Waals surface area contributed by atoms with E-state index in [1.54, 1.807) is 6.08 Å². The van der Waals surface area contributed by atoms with Crippen LogP contribution in [0.3, 0.4) is 0 Å². The summed E-state index contributed by atoms with van der Waals surface area (Å²) in [5.74, 6) is -0.988. The summed E-state index contributed by atoms with van der Waals surface area (Å²) in [6.45, 7) is 4.14. The topological polar surface area (TPSA) is 87.2 Å². The van der Waals surface area contributed by atoms with Crippen molar-refractivity contribution in [2.45, 2.75) is 20.3 Å². The molecule has 0 aliphatic heterocycles. The maximum absolute atomic E-state index is 10.8. The molecular formula is C27H25ClN2O2. The summed E-state index contributed by atoms with van der Waals surface area (Å²) in [4.78, 5) is 10.8. The number of nitrogens with one attached hydrogen (secondary N) is 1. The number of aliphatic carboxylic acids is 1. The molecule has 4 nitrogen and oxygen atoms in total. The molecule has 0 bridgehead atoms. The molecule has 5 heteroatoms. The molecule has 0 heterocycles. The van der Waals surface area contributed by atoms with Crippen molar-refractivity contribution in [3.8, 4) is 0 Å². The molecular weight excluding hydrogens is 420 g/mol. The Morgan fingerprint density at radius 2 is 1.78 bits per heavy atom. The van der Waals surface area contributed by atoms with Gasteiger partial charge >= 0.3 is 5.97 Å². The van der Waals surface area contributed by atoms with E-state index in [9.17, 15) is 4.79 Å². The number of carbonyl (C=O) groups is 1. The number of nitrogens with two attached hydrogens (primary N) is 1. The summed E-state index contributed by atoms with van der Waals surface area (Å²) in [7, 11) is 0. The standard InChI is InChI=1S/C27H25ClN2O2/c1-3-22(26-17(2)5-4-6-23(26)28)27(20-12-13-24(30)21(15-20)16-29)19-10-7-18(8-11-19)9-14-25(31)32/h4-16,29H,3,30H2,1-2H3,(H,31,32)/b14-9+,27-22+,29-16?.